The van der Waals surface area contributed by atoms with Gasteiger partial charge in [-0.2, -0.15) is 0 Å². The standard InChI is InChI=1S/C16H19N3O2/c1-9-5-10(2)15-12(6-9)14(20)7-11(19-15)8-18-13-3-4-17-16(13)21/h5-7,13,18H,3-4,8H2,1-2H3,(H,17,21)(H,19,20)/t13-/m1/s1. The van der Waals surface area contributed by atoms with E-state index in [4.69, 9.17) is 0 Å². The number of aryl methyl sites for hydroxylation is 2. The molecule has 0 aliphatic carbocycles. The molecule has 3 N–H and O–H groups in total. The zero-order chi connectivity index (χ0) is 15.0. The van der Waals surface area contributed by atoms with Crippen LogP contribution < -0.4 is 16.1 Å². The first-order valence-electron chi connectivity index (χ1n) is 7.19. The van der Waals surface area contributed by atoms with E-state index in [1.54, 1.807) is 6.07 Å². The molecule has 1 saturated heterocycles. The van der Waals surface area contributed by atoms with Crippen LogP contribution in [-0.2, 0) is 11.3 Å². The van der Waals surface area contributed by atoms with Crippen molar-refractivity contribution in [2.75, 3.05) is 6.54 Å². The molecule has 0 bridgehead atoms. The summed E-state index contributed by atoms with van der Waals surface area (Å²) in [5.74, 6) is 0.0324. The number of carbonyl (C=O) groups is 1. The van der Waals surface area contributed by atoms with Crippen LogP contribution >= 0.6 is 0 Å². The molecule has 0 unspecified atom stereocenters. The second-order valence-corrected chi connectivity index (χ2v) is 5.68. The molecule has 21 heavy (non-hydrogen) atoms. The first-order valence-corrected chi connectivity index (χ1v) is 7.19. The molecule has 2 aromatic rings. The van der Waals surface area contributed by atoms with Crippen LogP contribution in [0.15, 0.2) is 23.0 Å². The lowest BCUT2D eigenvalue weighted by atomic mass is 10.1. The number of hydrogen-bond acceptors (Lipinski definition) is 3. The topological polar surface area (TPSA) is 74.0 Å². The number of benzene rings is 1. The van der Waals surface area contributed by atoms with E-state index in [0.29, 0.717) is 13.1 Å². The number of hydrogen-bond donors (Lipinski definition) is 3. The number of nitrogens with one attached hydrogen (secondary N) is 3. The van der Waals surface area contributed by atoms with Crippen LogP contribution in [0.3, 0.4) is 0 Å². The predicted octanol–water partition coefficient (Wildman–Crippen LogP) is 1.12. The number of pyridine rings is 1. The van der Waals surface area contributed by atoms with Crippen molar-refractivity contribution >= 4 is 16.8 Å². The Bertz CT molecular complexity index is 764. The molecule has 3 rings (SSSR count). The van der Waals surface area contributed by atoms with E-state index in [0.717, 1.165) is 34.1 Å². The molecule has 2 heterocycles. The number of H-pyrrole nitrogens is 1. The highest BCUT2D eigenvalue weighted by molar-refractivity contribution is 5.84. The third kappa shape index (κ3) is 2.69. The van der Waals surface area contributed by atoms with Gasteiger partial charge in [-0.05, 0) is 37.5 Å². The minimum Gasteiger partial charge on any atom is -0.357 e. The highest BCUT2D eigenvalue weighted by atomic mass is 16.2. The Morgan fingerprint density at radius 3 is 2.76 bits per heavy atom. The Morgan fingerprint density at radius 2 is 2.05 bits per heavy atom. The van der Waals surface area contributed by atoms with Crippen LogP contribution in [0, 0.1) is 13.8 Å². The van der Waals surface area contributed by atoms with Gasteiger partial charge in [-0.3, -0.25) is 9.59 Å². The molecule has 1 aromatic heterocycles. The molecule has 0 spiro atoms. The number of carbonyl (C=O) groups excluding carboxylic acids is 1. The molecular weight excluding hydrogens is 266 g/mol. The summed E-state index contributed by atoms with van der Waals surface area (Å²) in [5.41, 5.74) is 3.84. The monoisotopic (exact) mass is 285 g/mol. The van der Waals surface area contributed by atoms with Crippen molar-refractivity contribution in [3.63, 3.8) is 0 Å². The molecular formula is C16H19N3O2. The van der Waals surface area contributed by atoms with Crippen molar-refractivity contribution in [3.8, 4) is 0 Å². The van der Waals surface area contributed by atoms with Crippen LogP contribution in [0.4, 0.5) is 0 Å². The van der Waals surface area contributed by atoms with Gasteiger partial charge in [0.25, 0.3) is 0 Å². The SMILES string of the molecule is Cc1cc(C)c2[nH]c(CN[C@@H]3CCNC3=O)cc(=O)c2c1. The van der Waals surface area contributed by atoms with Gasteiger partial charge in [0.05, 0.1) is 11.6 Å². The number of aromatic amines is 1. The van der Waals surface area contributed by atoms with Gasteiger partial charge in [-0.1, -0.05) is 6.07 Å². The number of aromatic nitrogens is 1. The lowest BCUT2D eigenvalue weighted by Gasteiger charge is -2.11. The van der Waals surface area contributed by atoms with Crippen LogP contribution in [-0.4, -0.2) is 23.5 Å². The fraction of sp³-hybridized carbons (Fsp3) is 0.375. The maximum absolute atomic E-state index is 12.2. The molecule has 5 nitrogen and oxygen atoms in total. The van der Waals surface area contributed by atoms with Crippen molar-refractivity contribution in [2.24, 2.45) is 0 Å². The van der Waals surface area contributed by atoms with E-state index >= 15 is 0 Å². The summed E-state index contributed by atoms with van der Waals surface area (Å²) in [5, 5.41) is 6.69. The molecule has 1 aliphatic rings. The Hall–Kier alpha value is -2.14. The van der Waals surface area contributed by atoms with Crippen LogP contribution in [0.1, 0.15) is 23.2 Å². The molecule has 0 saturated carbocycles. The van der Waals surface area contributed by atoms with E-state index in [1.807, 2.05) is 19.9 Å². The summed E-state index contributed by atoms with van der Waals surface area (Å²) >= 11 is 0. The first-order chi connectivity index (χ1) is 10.0. The van der Waals surface area contributed by atoms with E-state index in [2.05, 4.69) is 21.7 Å². The molecule has 1 atom stereocenters. The fourth-order valence-electron chi connectivity index (χ4n) is 2.88. The van der Waals surface area contributed by atoms with Gasteiger partial charge in [0.2, 0.25) is 5.91 Å². The summed E-state index contributed by atoms with van der Waals surface area (Å²) in [4.78, 5) is 27.1. The first kappa shape index (κ1) is 13.8. The fourth-order valence-corrected chi connectivity index (χ4v) is 2.88. The Labute approximate surface area is 122 Å². The zero-order valence-electron chi connectivity index (χ0n) is 12.2. The quantitative estimate of drug-likeness (QED) is 0.791. The Kier molecular flexibility index (Phi) is 3.51. The molecule has 110 valence electrons. The molecule has 1 fully saturated rings. The molecule has 1 amide bonds. The third-order valence-electron chi connectivity index (χ3n) is 3.92. The smallest absolute Gasteiger partial charge is 0.237 e. The number of amides is 1. The van der Waals surface area contributed by atoms with E-state index in [-0.39, 0.29) is 17.4 Å². The Balaban J connectivity index is 1.90. The van der Waals surface area contributed by atoms with E-state index < -0.39 is 0 Å². The predicted molar refractivity (Wildman–Crippen MR) is 82.3 cm³/mol. The number of rotatable bonds is 3. The normalized spacial score (nSPS) is 18.2. The van der Waals surface area contributed by atoms with Gasteiger partial charge in [0, 0.05) is 30.2 Å². The van der Waals surface area contributed by atoms with Gasteiger partial charge in [0.15, 0.2) is 5.43 Å². The van der Waals surface area contributed by atoms with Crippen LogP contribution in [0.2, 0.25) is 0 Å². The third-order valence-corrected chi connectivity index (χ3v) is 3.92. The second kappa shape index (κ2) is 5.33. The van der Waals surface area contributed by atoms with Gasteiger partial charge >= 0.3 is 0 Å². The lowest BCUT2D eigenvalue weighted by Crippen LogP contribution is -2.36. The molecule has 5 heteroatoms. The van der Waals surface area contributed by atoms with Gasteiger partial charge in [0.1, 0.15) is 0 Å². The lowest BCUT2D eigenvalue weighted by molar-refractivity contribution is -0.120. The van der Waals surface area contributed by atoms with Crippen LogP contribution in [0.5, 0.6) is 0 Å². The van der Waals surface area contributed by atoms with E-state index in [1.165, 1.54) is 0 Å². The van der Waals surface area contributed by atoms with Crippen molar-refractivity contribution in [1.29, 1.82) is 0 Å². The molecule has 1 aliphatic heterocycles. The highest BCUT2D eigenvalue weighted by Gasteiger charge is 2.23. The van der Waals surface area contributed by atoms with E-state index in [9.17, 15) is 9.59 Å². The van der Waals surface area contributed by atoms with Crippen LogP contribution in [0.25, 0.3) is 10.9 Å². The average Bonchev–Trinajstić information content (AvgIpc) is 2.83. The average molecular weight is 285 g/mol. The maximum atomic E-state index is 12.2. The minimum absolute atomic E-state index is 0.0169. The summed E-state index contributed by atoms with van der Waals surface area (Å²) in [6, 6.07) is 5.41. The van der Waals surface area contributed by atoms with Crippen molar-refractivity contribution in [2.45, 2.75) is 32.9 Å². The largest absolute Gasteiger partial charge is 0.357 e. The van der Waals surface area contributed by atoms with Gasteiger partial charge in [-0.25, -0.2) is 0 Å². The Morgan fingerprint density at radius 1 is 1.24 bits per heavy atom. The molecule has 0 radical (unpaired) electrons. The summed E-state index contributed by atoms with van der Waals surface area (Å²) in [6.07, 6.45) is 0.787. The zero-order valence-corrected chi connectivity index (χ0v) is 12.2. The molecule has 1 aromatic carbocycles. The van der Waals surface area contributed by atoms with Gasteiger partial charge in [-0.15, -0.1) is 0 Å². The summed E-state index contributed by atoms with van der Waals surface area (Å²) in [6.45, 7) is 5.17. The highest BCUT2D eigenvalue weighted by Crippen LogP contribution is 2.16. The maximum Gasteiger partial charge on any atom is 0.237 e. The summed E-state index contributed by atoms with van der Waals surface area (Å²) in [7, 11) is 0. The second-order valence-electron chi connectivity index (χ2n) is 5.68. The van der Waals surface area contributed by atoms with Crippen molar-refractivity contribution in [1.82, 2.24) is 15.6 Å². The number of fused-ring (bicyclic) bond motifs is 1. The van der Waals surface area contributed by atoms with Crippen molar-refractivity contribution in [3.05, 3.63) is 45.2 Å². The minimum atomic E-state index is -0.164. The van der Waals surface area contributed by atoms with Crippen molar-refractivity contribution < 1.29 is 4.79 Å². The summed E-state index contributed by atoms with van der Waals surface area (Å²) < 4.78 is 0. The van der Waals surface area contributed by atoms with Gasteiger partial charge < -0.3 is 15.6 Å².